The summed E-state index contributed by atoms with van der Waals surface area (Å²) in [6.45, 7) is 0.749. The van der Waals surface area contributed by atoms with Crippen molar-refractivity contribution in [1.29, 1.82) is 0 Å². The number of aromatic nitrogens is 2. The molecule has 3 heterocycles. The summed E-state index contributed by atoms with van der Waals surface area (Å²) < 4.78 is 0. The van der Waals surface area contributed by atoms with Gasteiger partial charge in [0.15, 0.2) is 0 Å². The van der Waals surface area contributed by atoms with Gasteiger partial charge in [-0.25, -0.2) is 4.98 Å². The summed E-state index contributed by atoms with van der Waals surface area (Å²) in [5.41, 5.74) is 5.35. The lowest BCUT2D eigenvalue weighted by molar-refractivity contribution is 0.0687. The quantitative estimate of drug-likeness (QED) is 0.849. The number of nitrogens with zero attached hydrogens (tertiary/aromatic N) is 4. The fourth-order valence-electron chi connectivity index (χ4n) is 5.54. The fraction of sp³-hybridized carbons (Fsp3) is 0.458. The van der Waals surface area contributed by atoms with Crippen LogP contribution >= 0.6 is 0 Å². The minimum Gasteiger partial charge on any atom is -0.394 e. The van der Waals surface area contributed by atoms with Crippen LogP contribution < -0.4 is 4.90 Å². The number of rotatable bonds is 3. The third-order valence-corrected chi connectivity index (χ3v) is 7.05. The molecule has 3 atom stereocenters. The maximum atomic E-state index is 13.3. The molecular formula is C24H28N4O2. The van der Waals surface area contributed by atoms with Gasteiger partial charge in [-0.15, -0.1) is 0 Å². The molecule has 1 aromatic heterocycles. The highest BCUT2D eigenvalue weighted by Gasteiger charge is 2.48. The summed E-state index contributed by atoms with van der Waals surface area (Å²) >= 11 is 0. The predicted octanol–water partition coefficient (Wildman–Crippen LogP) is 3.45. The Bertz CT molecular complexity index is 974. The van der Waals surface area contributed by atoms with Gasteiger partial charge in [0.25, 0.3) is 5.91 Å². The van der Waals surface area contributed by atoms with Crippen LogP contribution in [0.25, 0.3) is 5.57 Å². The molecule has 156 valence electrons. The first-order valence-corrected chi connectivity index (χ1v) is 10.9. The van der Waals surface area contributed by atoms with E-state index in [4.69, 9.17) is 0 Å². The molecule has 2 aromatic rings. The number of aliphatic hydroxyl groups is 1. The number of hydrogen-bond donors (Lipinski definition) is 1. The Morgan fingerprint density at radius 1 is 1.27 bits per heavy atom. The van der Waals surface area contributed by atoms with Crippen LogP contribution in [0.4, 0.5) is 5.69 Å². The van der Waals surface area contributed by atoms with Crippen molar-refractivity contribution in [3.8, 4) is 0 Å². The molecule has 1 fully saturated rings. The smallest absolute Gasteiger partial charge is 0.274 e. The lowest BCUT2D eigenvalue weighted by Gasteiger charge is -2.44. The molecule has 0 unspecified atom stereocenters. The van der Waals surface area contributed by atoms with Crippen LogP contribution in [-0.2, 0) is 0 Å². The maximum Gasteiger partial charge on any atom is 0.274 e. The van der Waals surface area contributed by atoms with E-state index < -0.39 is 0 Å². The average molecular weight is 405 g/mol. The lowest BCUT2D eigenvalue weighted by atomic mass is 9.80. The van der Waals surface area contributed by atoms with Crippen molar-refractivity contribution in [2.75, 3.05) is 25.1 Å². The Balaban J connectivity index is 1.58. The van der Waals surface area contributed by atoms with E-state index in [0.717, 1.165) is 24.9 Å². The summed E-state index contributed by atoms with van der Waals surface area (Å²) in [6, 6.07) is 6.61. The van der Waals surface area contributed by atoms with Crippen molar-refractivity contribution < 1.29 is 9.90 Å². The van der Waals surface area contributed by atoms with Crippen molar-refractivity contribution in [3.05, 3.63) is 59.7 Å². The highest BCUT2D eigenvalue weighted by atomic mass is 16.3. The summed E-state index contributed by atoms with van der Waals surface area (Å²) in [7, 11) is 2.06. The van der Waals surface area contributed by atoms with E-state index in [-0.39, 0.29) is 30.5 Å². The molecule has 6 nitrogen and oxygen atoms in total. The number of aliphatic hydroxyl groups excluding tert-OH is 1. The lowest BCUT2D eigenvalue weighted by Crippen LogP contribution is -2.48. The number of likely N-dealkylation sites (N-methyl/N-ethyl adjacent to an activating group) is 1. The van der Waals surface area contributed by atoms with Crippen LogP contribution in [0, 0.1) is 5.92 Å². The fourth-order valence-corrected chi connectivity index (χ4v) is 5.54. The number of carbonyl (C=O) groups excluding carboxylic acids is 1. The Morgan fingerprint density at radius 3 is 2.90 bits per heavy atom. The molecule has 0 radical (unpaired) electrons. The number of amides is 1. The van der Waals surface area contributed by atoms with E-state index in [1.165, 1.54) is 35.7 Å². The number of allylic oxidation sites excluding steroid dienone is 2. The van der Waals surface area contributed by atoms with Gasteiger partial charge in [-0.1, -0.05) is 12.1 Å². The first kappa shape index (κ1) is 19.2. The highest BCUT2D eigenvalue weighted by molar-refractivity contribution is 5.93. The summed E-state index contributed by atoms with van der Waals surface area (Å²) in [4.78, 5) is 25.8. The zero-order chi connectivity index (χ0) is 20.7. The number of anilines is 1. The molecule has 6 heteroatoms. The van der Waals surface area contributed by atoms with Crippen LogP contribution in [0.5, 0.6) is 0 Å². The van der Waals surface area contributed by atoms with Crippen LogP contribution in [0.3, 0.4) is 0 Å². The van der Waals surface area contributed by atoms with E-state index in [1.807, 2.05) is 4.90 Å². The largest absolute Gasteiger partial charge is 0.394 e. The van der Waals surface area contributed by atoms with Crippen LogP contribution in [0.1, 0.15) is 59.8 Å². The molecular weight excluding hydrogens is 376 g/mol. The number of likely N-dealkylation sites (tertiary alicyclic amines) is 1. The highest BCUT2D eigenvalue weighted by Crippen LogP contribution is 2.49. The van der Waals surface area contributed by atoms with Crippen LogP contribution in [0.15, 0.2) is 42.9 Å². The van der Waals surface area contributed by atoms with Gasteiger partial charge in [0.1, 0.15) is 5.69 Å². The number of fused-ring (bicyclic) bond motifs is 3. The van der Waals surface area contributed by atoms with E-state index in [1.54, 1.807) is 12.4 Å². The second-order valence-corrected chi connectivity index (χ2v) is 8.60. The Labute approximate surface area is 177 Å². The van der Waals surface area contributed by atoms with Gasteiger partial charge >= 0.3 is 0 Å². The van der Waals surface area contributed by atoms with Gasteiger partial charge in [0.05, 0.1) is 24.9 Å². The third-order valence-electron chi connectivity index (χ3n) is 7.05. The van der Waals surface area contributed by atoms with Gasteiger partial charge in [-0.2, -0.15) is 0 Å². The second-order valence-electron chi connectivity index (χ2n) is 8.60. The number of hydrogen-bond acceptors (Lipinski definition) is 5. The minimum atomic E-state index is -0.0786. The van der Waals surface area contributed by atoms with Crippen molar-refractivity contribution in [2.45, 2.75) is 44.2 Å². The number of benzene rings is 1. The molecule has 2 aliphatic heterocycles. The van der Waals surface area contributed by atoms with Crippen LogP contribution in [0.2, 0.25) is 0 Å². The van der Waals surface area contributed by atoms with Crippen molar-refractivity contribution in [3.63, 3.8) is 0 Å². The minimum absolute atomic E-state index is 0.00176. The van der Waals surface area contributed by atoms with Crippen molar-refractivity contribution in [2.24, 2.45) is 5.92 Å². The average Bonchev–Trinajstić information content (AvgIpc) is 3.25. The molecule has 3 aliphatic rings. The van der Waals surface area contributed by atoms with Crippen molar-refractivity contribution in [1.82, 2.24) is 14.9 Å². The normalized spacial score (nSPS) is 25.5. The molecule has 1 aliphatic carbocycles. The summed E-state index contributed by atoms with van der Waals surface area (Å²) in [5.74, 6) is 0.119. The van der Waals surface area contributed by atoms with E-state index >= 15 is 0 Å². The van der Waals surface area contributed by atoms with Gasteiger partial charge in [-0.05, 0) is 60.9 Å². The monoisotopic (exact) mass is 404 g/mol. The molecule has 1 saturated heterocycles. The van der Waals surface area contributed by atoms with E-state index in [2.05, 4.69) is 46.2 Å². The maximum absolute atomic E-state index is 13.3. The Kier molecular flexibility index (Phi) is 5.03. The SMILES string of the molecule is CN1c2ccc(C3=CCCCC3)cc2[C@H]2[C@H](CCN2C(=O)c2cnccn2)[C@@H]1CO. The zero-order valence-corrected chi connectivity index (χ0v) is 17.4. The summed E-state index contributed by atoms with van der Waals surface area (Å²) in [5, 5.41) is 10.2. The van der Waals surface area contributed by atoms with E-state index in [9.17, 15) is 9.90 Å². The standard InChI is InChI=1S/C24H28N4O2/c1-27-21-8-7-17(16-5-3-2-4-6-16)13-19(21)23-18(22(27)15-29)9-12-28(23)24(30)20-14-25-10-11-26-20/h5,7-8,10-11,13-14,18,22-23,29H,2-4,6,9,12,15H2,1H3/t18-,22+,23-/m1/s1. The van der Waals surface area contributed by atoms with Gasteiger partial charge in [0, 0.05) is 37.6 Å². The first-order chi connectivity index (χ1) is 14.7. The zero-order valence-electron chi connectivity index (χ0n) is 17.4. The molecule has 5 rings (SSSR count). The topological polar surface area (TPSA) is 69.6 Å². The molecule has 0 spiro atoms. The number of carbonyl (C=O) groups is 1. The van der Waals surface area contributed by atoms with Crippen molar-refractivity contribution >= 4 is 17.2 Å². The molecule has 1 N–H and O–H groups in total. The molecule has 1 amide bonds. The Morgan fingerprint density at radius 2 is 2.17 bits per heavy atom. The first-order valence-electron chi connectivity index (χ1n) is 10.9. The molecule has 30 heavy (non-hydrogen) atoms. The molecule has 0 bridgehead atoms. The van der Waals surface area contributed by atoms with Gasteiger partial charge < -0.3 is 14.9 Å². The van der Waals surface area contributed by atoms with E-state index in [0.29, 0.717) is 12.2 Å². The molecule has 1 aromatic carbocycles. The summed E-state index contributed by atoms with van der Waals surface area (Å²) in [6.07, 6.45) is 12.7. The predicted molar refractivity (Wildman–Crippen MR) is 116 cm³/mol. The Hall–Kier alpha value is -2.73. The van der Waals surface area contributed by atoms with Crippen LogP contribution in [-0.4, -0.2) is 52.1 Å². The third kappa shape index (κ3) is 3.10. The van der Waals surface area contributed by atoms with Gasteiger partial charge in [0.2, 0.25) is 0 Å². The molecule has 0 saturated carbocycles. The second kappa shape index (κ2) is 7.84. The van der Waals surface area contributed by atoms with Gasteiger partial charge in [-0.3, -0.25) is 9.78 Å².